The first-order chi connectivity index (χ1) is 11.9. The van der Waals surface area contributed by atoms with E-state index in [1.54, 1.807) is 11.6 Å². The molecule has 5 heteroatoms. The summed E-state index contributed by atoms with van der Waals surface area (Å²) in [6, 6.07) is 5.76. The highest BCUT2D eigenvalue weighted by Crippen LogP contribution is 2.43. The van der Waals surface area contributed by atoms with Crippen LogP contribution in [0.3, 0.4) is 0 Å². The third kappa shape index (κ3) is 3.07. The van der Waals surface area contributed by atoms with Gasteiger partial charge in [-0.25, -0.2) is 0 Å². The summed E-state index contributed by atoms with van der Waals surface area (Å²) in [5.41, 5.74) is 3.49. The van der Waals surface area contributed by atoms with Gasteiger partial charge in [-0.1, -0.05) is 23.8 Å². The van der Waals surface area contributed by atoms with Gasteiger partial charge in [-0.15, -0.1) is 0 Å². The van der Waals surface area contributed by atoms with Crippen molar-refractivity contribution in [3.05, 3.63) is 41.1 Å². The van der Waals surface area contributed by atoms with Gasteiger partial charge in [0.2, 0.25) is 0 Å². The number of phenolic OH excluding ortho intramolecular Hbond substituents is 2. The molecule has 1 aromatic heterocycles. The normalized spacial score (nSPS) is 11.4. The molecule has 2 aromatic carbocycles. The summed E-state index contributed by atoms with van der Waals surface area (Å²) >= 11 is 0. The largest absolute Gasteiger partial charge is 0.507 e. The van der Waals surface area contributed by atoms with Crippen molar-refractivity contribution in [2.75, 3.05) is 6.61 Å². The summed E-state index contributed by atoms with van der Waals surface area (Å²) in [6.45, 7) is 6.12. The summed E-state index contributed by atoms with van der Waals surface area (Å²) in [5, 5.41) is 36.9. The smallest absolute Gasteiger partial charge is 0.149 e. The third-order valence-corrected chi connectivity index (χ3v) is 4.48. The standard InChI is InChI=1S/C20H24N2O3/c1-12(2)5-4-6-14-7-8-15-16(11-14)20(25)18-17(19(15)24)13(3)21-22(18)9-10-23/h5,7-8,11,23-25H,4,6,9-10H2,1-3H3. The van der Waals surface area contributed by atoms with Gasteiger partial charge in [0.15, 0.2) is 0 Å². The first kappa shape index (κ1) is 17.3. The Morgan fingerprint density at radius 2 is 1.92 bits per heavy atom. The van der Waals surface area contributed by atoms with Gasteiger partial charge in [0.25, 0.3) is 0 Å². The van der Waals surface area contributed by atoms with Crippen LogP contribution >= 0.6 is 0 Å². The van der Waals surface area contributed by atoms with Gasteiger partial charge in [-0.05, 0) is 45.2 Å². The Balaban J connectivity index is 2.19. The Bertz CT molecular complexity index is 966. The minimum Gasteiger partial charge on any atom is -0.507 e. The second kappa shape index (κ2) is 6.76. The molecule has 0 spiro atoms. The minimum atomic E-state index is -0.0861. The van der Waals surface area contributed by atoms with E-state index in [-0.39, 0.29) is 24.7 Å². The highest BCUT2D eigenvalue weighted by molar-refractivity contribution is 6.10. The number of aromatic hydroxyl groups is 2. The molecule has 0 fully saturated rings. The lowest BCUT2D eigenvalue weighted by Crippen LogP contribution is -2.04. The topological polar surface area (TPSA) is 78.5 Å². The maximum Gasteiger partial charge on any atom is 0.149 e. The number of aliphatic hydroxyl groups is 1. The quantitative estimate of drug-likeness (QED) is 0.488. The number of benzene rings is 2. The highest BCUT2D eigenvalue weighted by Gasteiger charge is 2.20. The fraction of sp³-hybridized carbons (Fsp3) is 0.350. The van der Waals surface area contributed by atoms with Crippen molar-refractivity contribution in [1.29, 1.82) is 0 Å². The van der Waals surface area contributed by atoms with Crippen LogP contribution in [0.25, 0.3) is 21.7 Å². The summed E-state index contributed by atoms with van der Waals surface area (Å²) in [6.07, 6.45) is 3.99. The molecule has 0 bridgehead atoms. The predicted octanol–water partition coefficient (Wildman–Crippen LogP) is 3.80. The molecule has 0 aliphatic rings. The molecule has 0 radical (unpaired) electrons. The van der Waals surface area contributed by atoms with Crippen LogP contribution in [0.1, 0.15) is 31.5 Å². The van der Waals surface area contributed by atoms with Crippen LogP contribution < -0.4 is 0 Å². The van der Waals surface area contributed by atoms with E-state index in [1.807, 2.05) is 18.2 Å². The summed E-state index contributed by atoms with van der Waals surface area (Å²) in [7, 11) is 0. The zero-order chi connectivity index (χ0) is 18.1. The average Bonchev–Trinajstić information content (AvgIpc) is 2.89. The Morgan fingerprint density at radius 3 is 2.60 bits per heavy atom. The number of aryl methyl sites for hydroxylation is 2. The van der Waals surface area contributed by atoms with E-state index in [4.69, 9.17) is 0 Å². The van der Waals surface area contributed by atoms with Crippen LogP contribution in [-0.4, -0.2) is 31.7 Å². The molecule has 0 saturated carbocycles. The van der Waals surface area contributed by atoms with Gasteiger partial charge in [-0.3, -0.25) is 4.68 Å². The number of aromatic nitrogens is 2. The number of aliphatic hydroxyl groups excluding tert-OH is 1. The molecule has 25 heavy (non-hydrogen) atoms. The Morgan fingerprint density at radius 1 is 1.16 bits per heavy atom. The molecule has 3 N–H and O–H groups in total. The lowest BCUT2D eigenvalue weighted by atomic mass is 9.99. The summed E-state index contributed by atoms with van der Waals surface area (Å²) < 4.78 is 1.55. The third-order valence-electron chi connectivity index (χ3n) is 4.48. The van der Waals surface area contributed by atoms with Gasteiger partial charge in [-0.2, -0.15) is 5.10 Å². The molecule has 1 heterocycles. The number of fused-ring (bicyclic) bond motifs is 2. The number of phenols is 2. The number of rotatable bonds is 5. The van der Waals surface area contributed by atoms with Crippen molar-refractivity contribution in [3.63, 3.8) is 0 Å². The van der Waals surface area contributed by atoms with Crippen molar-refractivity contribution >= 4 is 21.7 Å². The zero-order valence-electron chi connectivity index (χ0n) is 14.9. The maximum absolute atomic E-state index is 10.8. The fourth-order valence-corrected chi connectivity index (χ4v) is 3.30. The van der Waals surface area contributed by atoms with Crippen molar-refractivity contribution in [1.82, 2.24) is 9.78 Å². The number of hydrogen-bond donors (Lipinski definition) is 3. The minimum absolute atomic E-state index is 0.0861. The van der Waals surface area contributed by atoms with E-state index in [9.17, 15) is 15.3 Å². The molecule has 3 aromatic rings. The van der Waals surface area contributed by atoms with Crippen LogP contribution in [0.2, 0.25) is 0 Å². The molecule has 5 nitrogen and oxygen atoms in total. The van der Waals surface area contributed by atoms with E-state index in [1.165, 1.54) is 5.57 Å². The molecule has 3 rings (SSSR count). The van der Waals surface area contributed by atoms with E-state index < -0.39 is 0 Å². The lowest BCUT2D eigenvalue weighted by Gasteiger charge is -2.10. The monoisotopic (exact) mass is 340 g/mol. The van der Waals surface area contributed by atoms with E-state index >= 15 is 0 Å². The van der Waals surface area contributed by atoms with Crippen LogP contribution in [0.15, 0.2) is 29.8 Å². The second-order valence-electron chi connectivity index (χ2n) is 6.65. The van der Waals surface area contributed by atoms with Crippen LogP contribution in [0, 0.1) is 6.92 Å². The van der Waals surface area contributed by atoms with Crippen LogP contribution in [0.5, 0.6) is 11.5 Å². The van der Waals surface area contributed by atoms with Gasteiger partial charge in [0.05, 0.1) is 24.2 Å². The van der Waals surface area contributed by atoms with E-state index in [0.717, 1.165) is 18.4 Å². The first-order valence-corrected chi connectivity index (χ1v) is 8.52. The van der Waals surface area contributed by atoms with Crippen molar-refractivity contribution < 1.29 is 15.3 Å². The predicted molar refractivity (Wildman–Crippen MR) is 100 cm³/mol. The Labute approximate surface area is 146 Å². The first-order valence-electron chi connectivity index (χ1n) is 8.52. The van der Waals surface area contributed by atoms with Crippen molar-refractivity contribution in [2.45, 2.75) is 40.2 Å². The van der Waals surface area contributed by atoms with Gasteiger partial charge >= 0.3 is 0 Å². The molecule has 0 amide bonds. The molecule has 0 aliphatic heterocycles. The molecule has 0 unspecified atom stereocenters. The van der Waals surface area contributed by atoms with Crippen LogP contribution in [0.4, 0.5) is 0 Å². The SMILES string of the molecule is CC(C)=CCCc1ccc2c(O)c3c(C)nn(CCO)c3c(O)c2c1. The van der Waals surface area contributed by atoms with Crippen LogP contribution in [-0.2, 0) is 13.0 Å². The zero-order valence-corrected chi connectivity index (χ0v) is 14.9. The number of nitrogens with zero attached hydrogens (tertiary/aromatic N) is 2. The molecule has 132 valence electrons. The molecular formula is C20H24N2O3. The molecule has 0 saturated heterocycles. The lowest BCUT2D eigenvalue weighted by molar-refractivity contribution is 0.271. The second-order valence-corrected chi connectivity index (χ2v) is 6.65. The number of allylic oxidation sites excluding steroid dienone is 2. The fourth-order valence-electron chi connectivity index (χ4n) is 3.30. The Hall–Kier alpha value is -2.53. The Kier molecular flexibility index (Phi) is 4.68. The van der Waals surface area contributed by atoms with E-state index in [0.29, 0.717) is 27.4 Å². The van der Waals surface area contributed by atoms with Gasteiger partial charge in [0.1, 0.15) is 17.0 Å². The summed E-state index contributed by atoms with van der Waals surface area (Å²) in [4.78, 5) is 0. The van der Waals surface area contributed by atoms with Gasteiger partial charge < -0.3 is 15.3 Å². The molecule has 0 atom stereocenters. The maximum atomic E-state index is 10.8. The molecule has 0 aliphatic carbocycles. The van der Waals surface area contributed by atoms with Gasteiger partial charge in [0, 0.05) is 10.8 Å². The highest BCUT2D eigenvalue weighted by atomic mass is 16.3. The number of hydrogen-bond acceptors (Lipinski definition) is 4. The van der Waals surface area contributed by atoms with Crippen molar-refractivity contribution in [3.8, 4) is 11.5 Å². The average molecular weight is 340 g/mol. The molecular weight excluding hydrogens is 316 g/mol. The van der Waals surface area contributed by atoms with Crippen molar-refractivity contribution in [2.24, 2.45) is 0 Å². The van der Waals surface area contributed by atoms with E-state index in [2.05, 4.69) is 25.0 Å². The summed E-state index contributed by atoms with van der Waals surface area (Å²) in [5.74, 6) is 0.223.